The van der Waals surface area contributed by atoms with Gasteiger partial charge in [0.2, 0.25) is 0 Å². The third-order valence-electron chi connectivity index (χ3n) is 2.00. The fraction of sp³-hybridized carbons (Fsp3) is 0.500. The van der Waals surface area contributed by atoms with Crippen LogP contribution < -0.4 is 0 Å². The van der Waals surface area contributed by atoms with Gasteiger partial charge in [0, 0.05) is 12.2 Å². The fourth-order valence-corrected chi connectivity index (χ4v) is 1.13. The highest BCUT2D eigenvalue weighted by molar-refractivity contribution is 5.91. The van der Waals surface area contributed by atoms with E-state index in [4.69, 9.17) is 18.9 Å². The predicted molar refractivity (Wildman–Crippen MR) is 82.3 cm³/mol. The molecule has 124 valence electrons. The van der Waals surface area contributed by atoms with Crippen molar-refractivity contribution in [3.05, 3.63) is 36.5 Å². The van der Waals surface area contributed by atoms with Gasteiger partial charge in [0.1, 0.15) is 13.2 Å². The monoisotopic (exact) mass is 312 g/mol. The van der Waals surface area contributed by atoms with Crippen LogP contribution in [-0.2, 0) is 28.5 Å². The summed E-state index contributed by atoms with van der Waals surface area (Å²) in [6.07, 6.45) is 2.02. The largest absolute Gasteiger partial charge is 0.460 e. The summed E-state index contributed by atoms with van der Waals surface area (Å²) in [5.41, 5.74) is 1.78. The number of carbonyl (C=O) groups excluding carboxylic acids is 2. The van der Waals surface area contributed by atoms with Crippen molar-refractivity contribution in [3.63, 3.8) is 0 Å². The summed E-state index contributed by atoms with van der Waals surface area (Å²) in [4.78, 5) is 22.5. The fourth-order valence-electron chi connectivity index (χ4n) is 1.13. The molecule has 0 saturated heterocycles. The van der Waals surface area contributed by atoms with Gasteiger partial charge in [0.15, 0.2) is 0 Å². The van der Waals surface area contributed by atoms with Crippen LogP contribution in [0.25, 0.3) is 0 Å². The van der Waals surface area contributed by atoms with Gasteiger partial charge in [0.05, 0.1) is 26.4 Å². The number of hydrogen-bond donors (Lipinski definition) is 0. The van der Waals surface area contributed by atoms with E-state index in [2.05, 4.69) is 13.2 Å². The highest BCUT2D eigenvalue weighted by Gasteiger charge is 2.01. The Morgan fingerprint density at radius 1 is 0.773 bits per heavy atom. The molecule has 0 saturated carbocycles. The summed E-state index contributed by atoms with van der Waals surface area (Å²) in [5.74, 6) is -1.26. The number of hydrogen-bond acceptors (Lipinski definition) is 6. The second kappa shape index (κ2) is 12.8. The van der Waals surface area contributed by atoms with Crippen molar-refractivity contribution in [1.82, 2.24) is 0 Å². The van der Waals surface area contributed by atoms with E-state index in [0.29, 0.717) is 13.2 Å². The SMILES string of the molecule is C=C(C)COCCOC(=O)/C=C\C(=O)OCCOCC(=C)C. The normalized spacial score (nSPS) is 10.5. The minimum atomic E-state index is -0.630. The predicted octanol–water partition coefficient (Wildman–Crippen LogP) is 1.81. The third-order valence-corrected chi connectivity index (χ3v) is 2.00. The molecule has 0 rings (SSSR count). The van der Waals surface area contributed by atoms with Crippen LogP contribution in [0.4, 0.5) is 0 Å². The van der Waals surface area contributed by atoms with Gasteiger partial charge < -0.3 is 18.9 Å². The van der Waals surface area contributed by atoms with Crippen molar-refractivity contribution in [2.24, 2.45) is 0 Å². The molecular formula is C16H24O6. The maximum Gasteiger partial charge on any atom is 0.331 e. The van der Waals surface area contributed by atoms with Gasteiger partial charge in [-0.05, 0) is 13.8 Å². The molecule has 0 heterocycles. The molecule has 6 heteroatoms. The molecule has 22 heavy (non-hydrogen) atoms. The van der Waals surface area contributed by atoms with Gasteiger partial charge in [-0.15, -0.1) is 0 Å². The Labute approximate surface area is 131 Å². The van der Waals surface area contributed by atoms with Crippen molar-refractivity contribution >= 4 is 11.9 Å². The molecule has 0 spiro atoms. The number of rotatable bonds is 12. The topological polar surface area (TPSA) is 71.1 Å². The Hall–Kier alpha value is -1.92. The first-order chi connectivity index (χ1) is 10.4. The molecule has 0 aromatic rings. The van der Waals surface area contributed by atoms with Gasteiger partial charge in [-0.25, -0.2) is 9.59 Å². The van der Waals surface area contributed by atoms with Crippen LogP contribution in [0.2, 0.25) is 0 Å². The summed E-state index contributed by atoms with van der Waals surface area (Å²) in [6, 6.07) is 0. The maximum absolute atomic E-state index is 11.3. The van der Waals surface area contributed by atoms with E-state index in [1.807, 2.05) is 13.8 Å². The number of carbonyl (C=O) groups is 2. The highest BCUT2D eigenvalue weighted by atomic mass is 16.6. The molecule has 0 atom stereocenters. The summed E-state index contributed by atoms with van der Waals surface area (Å²) in [5, 5.41) is 0. The number of ether oxygens (including phenoxy) is 4. The Kier molecular flexibility index (Phi) is 11.7. The van der Waals surface area contributed by atoms with Gasteiger partial charge in [-0.2, -0.15) is 0 Å². The average Bonchev–Trinajstić information content (AvgIpc) is 2.43. The van der Waals surface area contributed by atoms with Crippen molar-refractivity contribution < 1.29 is 28.5 Å². The van der Waals surface area contributed by atoms with Gasteiger partial charge in [0.25, 0.3) is 0 Å². The van der Waals surface area contributed by atoms with Crippen molar-refractivity contribution in [1.29, 1.82) is 0 Å². The Bertz CT molecular complexity index is 373. The molecule has 0 aromatic heterocycles. The molecule has 0 bridgehead atoms. The minimum Gasteiger partial charge on any atom is -0.460 e. The molecule has 0 fully saturated rings. The van der Waals surface area contributed by atoms with E-state index < -0.39 is 11.9 Å². The van der Waals surface area contributed by atoms with Crippen LogP contribution in [0, 0.1) is 0 Å². The van der Waals surface area contributed by atoms with Crippen LogP contribution in [0.1, 0.15) is 13.8 Å². The Morgan fingerprint density at radius 2 is 1.14 bits per heavy atom. The minimum absolute atomic E-state index is 0.111. The lowest BCUT2D eigenvalue weighted by molar-refractivity contribution is -0.141. The van der Waals surface area contributed by atoms with Crippen LogP contribution in [0.15, 0.2) is 36.5 Å². The standard InChI is InChI=1S/C16H24O6/c1-13(2)11-19-7-9-21-15(17)5-6-16(18)22-10-8-20-12-14(3)4/h5-6H,1,3,7-12H2,2,4H3/b6-5-. The molecule has 0 unspecified atom stereocenters. The summed E-state index contributed by atoms with van der Waals surface area (Å²) in [6.45, 7) is 12.6. The van der Waals surface area contributed by atoms with Gasteiger partial charge in [-0.3, -0.25) is 0 Å². The molecule has 0 N–H and O–H groups in total. The second-order valence-corrected chi connectivity index (χ2v) is 4.69. The summed E-state index contributed by atoms with van der Waals surface area (Å²) < 4.78 is 19.9. The van der Waals surface area contributed by atoms with E-state index in [1.54, 1.807) is 0 Å². The molecule has 0 aliphatic carbocycles. The van der Waals surface area contributed by atoms with E-state index in [9.17, 15) is 9.59 Å². The van der Waals surface area contributed by atoms with Gasteiger partial charge in [-0.1, -0.05) is 24.3 Å². The molecule has 0 aromatic carbocycles. The first-order valence-corrected chi connectivity index (χ1v) is 6.87. The quantitative estimate of drug-likeness (QED) is 0.237. The molecule has 6 nitrogen and oxygen atoms in total. The molecule has 0 radical (unpaired) electrons. The molecule has 0 aliphatic heterocycles. The summed E-state index contributed by atoms with van der Waals surface area (Å²) in [7, 11) is 0. The average molecular weight is 312 g/mol. The van der Waals surface area contributed by atoms with E-state index >= 15 is 0 Å². The van der Waals surface area contributed by atoms with Crippen molar-refractivity contribution in [3.8, 4) is 0 Å². The lowest BCUT2D eigenvalue weighted by atomic mass is 10.4. The number of esters is 2. The third kappa shape index (κ3) is 14.5. The molecular weight excluding hydrogens is 288 g/mol. The van der Waals surface area contributed by atoms with Gasteiger partial charge >= 0.3 is 11.9 Å². The molecule has 0 aliphatic rings. The van der Waals surface area contributed by atoms with Crippen LogP contribution in [0.5, 0.6) is 0 Å². The lowest BCUT2D eigenvalue weighted by Gasteiger charge is -2.04. The zero-order valence-corrected chi connectivity index (χ0v) is 13.3. The Balaban J connectivity index is 3.63. The van der Waals surface area contributed by atoms with Crippen LogP contribution in [-0.4, -0.2) is 51.6 Å². The lowest BCUT2D eigenvalue weighted by Crippen LogP contribution is -2.11. The zero-order valence-electron chi connectivity index (χ0n) is 13.3. The maximum atomic E-state index is 11.3. The smallest absolute Gasteiger partial charge is 0.331 e. The van der Waals surface area contributed by atoms with Crippen molar-refractivity contribution in [2.75, 3.05) is 39.6 Å². The summed E-state index contributed by atoms with van der Waals surface area (Å²) >= 11 is 0. The Morgan fingerprint density at radius 3 is 1.45 bits per heavy atom. The van der Waals surface area contributed by atoms with E-state index in [-0.39, 0.29) is 26.4 Å². The van der Waals surface area contributed by atoms with Crippen molar-refractivity contribution in [2.45, 2.75) is 13.8 Å². The first-order valence-electron chi connectivity index (χ1n) is 6.87. The second-order valence-electron chi connectivity index (χ2n) is 4.69. The first kappa shape index (κ1) is 20.1. The van der Waals surface area contributed by atoms with Crippen LogP contribution in [0.3, 0.4) is 0 Å². The van der Waals surface area contributed by atoms with E-state index in [0.717, 1.165) is 23.3 Å². The highest BCUT2D eigenvalue weighted by Crippen LogP contribution is 1.91. The van der Waals surface area contributed by atoms with E-state index in [1.165, 1.54) is 0 Å². The molecule has 0 amide bonds. The van der Waals surface area contributed by atoms with Crippen LogP contribution >= 0.6 is 0 Å². The zero-order chi connectivity index (χ0) is 16.8.